The van der Waals surface area contributed by atoms with E-state index in [1.807, 2.05) is 18.5 Å². The molecule has 0 aromatic carbocycles. The maximum absolute atomic E-state index is 12.3. The molecule has 1 fully saturated rings. The van der Waals surface area contributed by atoms with Crippen molar-refractivity contribution in [1.29, 1.82) is 0 Å². The van der Waals surface area contributed by atoms with Gasteiger partial charge in [-0.3, -0.25) is 4.79 Å². The Balaban J connectivity index is 2.04. The number of nitrogens with zero attached hydrogens (tertiary/aromatic N) is 5. The largest absolute Gasteiger partial charge is 0.339 e. The number of aryl methyl sites for hydroxylation is 2. The molecule has 9 heteroatoms. The molecule has 2 rings (SSSR count). The number of carbonyl (C=O) groups is 1. The number of rotatable bonds is 4. The molecular weight excluding hydrogens is 306 g/mol. The molecule has 0 bridgehead atoms. The van der Waals surface area contributed by atoms with Crippen LogP contribution in [-0.4, -0.2) is 71.2 Å². The number of aromatic nitrogens is 3. The van der Waals surface area contributed by atoms with E-state index in [1.165, 1.54) is 7.05 Å². The summed E-state index contributed by atoms with van der Waals surface area (Å²) in [5.74, 6) is 1.38. The molecular formula is C13H23N5O3S. The summed E-state index contributed by atoms with van der Waals surface area (Å²) in [5.41, 5.74) is 0. The zero-order chi connectivity index (χ0) is 16.5. The van der Waals surface area contributed by atoms with Gasteiger partial charge in [0.05, 0.1) is 18.8 Å². The molecule has 8 nitrogen and oxygen atoms in total. The number of likely N-dealkylation sites (N-methyl/N-ethyl adjacent to an activating group) is 1. The number of hydrogen-bond donors (Lipinski definition) is 0. The van der Waals surface area contributed by atoms with E-state index in [9.17, 15) is 13.2 Å². The van der Waals surface area contributed by atoms with Gasteiger partial charge in [0, 0.05) is 20.1 Å². The van der Waals surface area contributed by atoms with Crippen molar-refractivity contribution in [3.63, 3.8) is 0 Å². The lowest BCUT2D eigenvalue weighted by atomic mass is 10.1. The zero-order valence-corrected chi connectivity index (χ0v) is 14.3. The average Bonchev–Trinajstić information content (AvgIpc) is 2.76. The fraction of sp³-hybridized carbons (Fsp3) is 0.769. The third-order valence-electron chi connectivity index (χ3n) is 3.93. The molecule has 1 aromatic rings. The van der Waals surface area contributed by atoms with Gasteiger partial charge in [-0.2, -0.15) is 9.40 Å². The highest BCUT2D eigenvalue weighted by Gasteiger charge is 2.28. The minimum atomic E-state index is -3.35. The quantitative estimate of drug-likeness (QED) is 0.773. The van der Waals surface area contributed by atoms with Crippen LogP contribution in [0.2, 0.25) is 0 Å². The molecule has 0 saturated carbocycles. The minimum Gasteiger partial charge on any atom is -0.339 e. The van der Waals surface area contributed by atoms with Crippen LogP contribution in [0.5, 0.6) is 0 Å². The number of hydrogen-bond acceptors (Lipinski definition) is 5. The van der Waals surface area contributed by atoms with Gasteiger partial charge in [-0.25, -0.2) is 18.1 Å². The van der Waals surface area contributed by atoms with Gasteiger partial charge in [0.1, 0.15) is 11.6 Å². The average molecular weight is 329 g/mol. The van der Waals surface area contributed by atoms with Gasteiger partial charge in [0.25, 0.3) is 0 Å². The monoisotopic (exact) mass is 329 g/mol. The Morgan fingerprint density at radius 2 is 2.09 bits per heavy atom. The van der Waals surface area contributed by atoms with E-state index in [4.69, 9.17) is 0 Å². The fourth-order valence-corrected chi connectivity index (χ4v) is 3.02. The zero-order valence-electron chi connectivity index (χ0n) is 13.5. The number of piperidine rings is 1. The molecule has 0 spiro atoms. The van der Waals surface area contributed by atoms with Gasteiger partial charge < -0.3 is 4.90 Å². The van der Waals surface area contributed by atoms with E-state index in [0.29, 0.717) is 13.1 Å². The fourth-order valence-electron chi connectivity index (χ4n) is 2.67. The maximum Gasteiger partial charge on any atom is 0.237 e. The van der Waals surface area contributed by atoms with Crippen LogP contribution in [-0.2, 0) is 14.8 Å². The first-order valence-electron chi connectivity index (χ1n) is 7.27. The molecule has 1 atom stereocenters. The third kappa shape index (κ3) is 3.83. The Labute approximate surface area is 131 Å². The summed E-state index contributed by atoms with van der Waals surface area (Å²) in [6.07, 6.45) is 2.91. The summed E-state index contributed by atoms with van der Waals surface area (Å²) in [6, 6.07) is 0.0995. The molecule has 1 aliphatic heterocycles. The molecule has 1 aromatic heterocycles. The highest BCUT2D eigenvalue weighted by molar-refractivity contribution is 7.88. The van der Waals surface area contributed by atoms with Gasteiger partial charge in [-0.15, -0.1) is 0 Å². The number of amides is 1. The van der Waals surface area contributed by atoms with Gasteiger partial charge in [0.2, 0.25) is 15.9 Å². The van der Waals surface area contributed by atoms with Crippen molar-refractivity contribution < 1.29 is 13.2 Å². The van der Waals surface area contributed by atoms with Crippen LogP contribution in [0, 0.1) is 13.8 Å². The Morgan fingerprint density at radius 1 is 1.41 bits per heavy atom. The molecule has 0 N–H and O–H groups in total. The molecule has 0 aliphatic carbocycles. The van der Waals surface area contributed by atoms with Crippen molar-refractivity contribution in [2.45, 2.75) is 32.7 Å². The number of likely N-dealkylation sites (tertiary alicyclic amines) is 1. The van der Waals surface area contributed by atoms with E-state index < -0.39 is 10.0 Å². The second-order valence-corrected chi connectivity index (χ2v) is 7.90. The lowest BCUT2D eigenvalue weighted by Gasteiger charge is -2.33. The van der Waals surface area contributed by atoms with E-state index in [0.717, 1.165) is 35.1 Å². The second-order valence-electron chi connectivity index (χ2n) is 5.81. The first kappa shape index (κ1) is 16.9. The lowest BCUT2D eigenvalue weighted by molar-refractivity contribution is -0.132. The predicted molar refractivity (Wildman–Crippen MR) is 81.8 cm³/mol. The molecule has 0 unspecified atom stereocenters. The van der Waals surface area contributed by atoms with Gasteiger partial charge in [-0.1, -0.05) is 0 Å². The molecule has 1 amide bonds. The number of sulfonamides is 1. The van der Waals surface area contributed by atoms with Crippen molar-refractivity contribution in [2.75, 3.05) is 32.9 Å². The van der Waals surface area contributed by atoms with Crippen LogP contribution in [0.15, 0.2) is 0 Å². The second kappa shape index (κ2) is 6.33. The Bertz CT molecular complexity index is 655. The first-order valence-corrected chi connectivity index (χ1v) is 9.12. The Kier molecular flexibility index (Phi) is 4.86. The smallest absolute Gasteiger partial charge is 0.237 e. The number of carbonyl (C=O) groups excluding carboxylic acids is 1. The van der Waals surface area contributed by atoms with Crippen LogP contribution in [0.4, 0.5) is 0 Å². The van der Waals surface area contributed by atoms with Crippen molar-refractivity contribution in [3.8, 4) is 0 Å². The predicted octanol–water partition coefficient (Wildman–Crippen LogP) is -0.0502. The highest BCUT2D eigenvalue weighted by atomic mass is 32.2. The lowest BCUT2D eigenvalue weighted by Crippen LogP contribution is -2.46. The van der Waals surface area contributed by atoms with Gasteiger partial charge in [0.15, 0.2) is 0 Å². The van der Waals surface area contributed by atoms with Crippen molar-refractivity contribution in [1.82, 2.24) is 24.0 Å². The topological polar surface area (TPSA) is 88.4 Å². The third-order valence-corrected chi connectivity index (χ3v) is 5.19. The van der Waals surface area contributed by atoms with E-state index in [1.54, 1.807) is 4.90 Å². The maximum atomic E-state index is 12.3. The standard InChI is InChI=1S/C13H23N5O3S/c1-10-14-11(2)18(15-10)12-6-5-7-17(8-12)13(19)9-16(3)22(4,20)21/h12H,5-9H2,1-4H3/t12-/m1/s1. The van der Waals surface area contributed by atoms with Crippen LogP contribution < -0.4 is 0 Å². The normalized spacial score (nSPS) is 19.7. The minimum absolute atomic E-state index is 0.0995. The van der Waals surface area contributed by atoms with Crippen LogP contribution in [0.1, 0.15) is 30.5 Å². The summed E-state index contributed by atoms with van der Waals surface area (Å²) < 4.78 is 25.8. The summed E-state index contributed by atoms with van der Waals surface area (Å²) in [4.78, 5) is 18.3. The Hall–Kier alpha value is -1.48. The molecule has 0 radical (unpaired) electrons. The SMILES string of the molecule is Cc1nc(C)n([C@@H]2CCCN(C(=O)CN(C)S(C)(=O)=O)C2)n1. The highest BCUT2D eigenvalue weighted by Crippen LogP contribution is 2.22. The summed E-state index contributed by atoms with van der Waals surface area (Å²) >= 11 is 0. The van der Waals surface area contributed by atoms with E-state index in [2.05, 4.69) is 10.1 Å². The molecule has 1 saturated heterocycles. The molecule has 2 heterocycles. The van der Waals surface area contributed by atoms with Crippen molar-refractivity contribution in [2.24, 2.45) is 0 Å². The Morgan fingerprint density at radius 3 is 2.64 bits per heavy atom. The van der Waals surface area contributed by atoms with Crippen LogP contribution in [0.3, 0.4) is 0 Å². The van der Waals surface area contributed by atoms with Crippen molar-refractivity contribution >= 4 is 15.9 Å². The molecule has 124 valence electrons. The summed E-state index contributed by atoms with van der Waals surface area (Å²) in [6.45, 7) is 4.81. The van der Waals surface area contributed by atoms with E-state index in [-0.39, 0.29) is 18.5 Å². The van der Waals surface area contributed by atoms with Crippen LogP contribution in [0.25, 0.3) is 0 Å². The van der Waals surface area contributed by atoms with Crippen molar-refractivity contribution in [3.05, 3.63) is 11.6 Å². The summed E-state index contributed by atoms with van der Waals surface area (Å²) in [7, 11) is -1.93. The van der Waals surface area contributed by atoms with Gasteiger partial charge >= 0.3 is 0 Å². The van der Waals surface area contributed by atoms with Crippen LogP contribution >= 0.6 is 0 Å². The first-order chi connectivity index (χ1) is 10.2. The van der Waals surface area contributed by atoms with Gasteiger partial charge in [-0.05, 0) is 26.7 Å². The molecule has 22 heavy (non-hydrogen) atoms. The molecule has 1 aliphatic rings. The summed E-state index contributed by atoms with van der Waals surface area (Å²) in [5, 5.41) is 4.39. The van der Waals surface area contributed by atoms with E-state index >= 15 is 0 Å².